The van der Waals surface area contributed by atoms with Gasteiger partial charge >= 0.3 is 0 Å². The largest absolute Gasteiger partial charge is 0.394 e. The number of carbonyl (C=O) groups is 2. The summed E-state index contributed by atoms with van der Waals surface area (Å²) in [7, 11) is 0. The van der Waals surface area contributed by atoms with Gasteiger partial charge in [0.2, 0.25) is 0 Å². The number of aliphatic hydroxyl groups is 1. The lowest BCUT2D eigenvalue weighted by Crippen LogP contribution is -2.50. The van der Waals surface area contributed by atoms with Crippen LogP contribution in [0.4, 0.5) is 4.39 Å². The minimum absolute atomic E-state index is 0.133. The normalized spacial score (nSPS) is 15.2. The second-order valence-corrected chi connectivity index (χ2v) is 8.59. The highest BCUT2D eigenvalue weighted by atomic mass is 19.1. The van der Waals surface area contributed by atoms with Crippen molar-refractivity contribution >= 4 is 11.8 Å². The Morgan fingerprint density at radius 3 is 2.39 bits per heavy atom. The van der Waals surface area contributed by atoms with Gasteiger partial charge in [-0.05, 0) is 37.1 Å². The maximum atomic E-state index is 13.8. The summed E-state index contributed by atoms with van der Waals surface area (Å²) in [5.74, 6) is -0.755. The van der Waals surface area contributed by atoms with Gasteiger partial charge in [-0.15, -0.1) is 0 Å². The van der Waals surface area contributed by atoms with E-state index >= 15 is 0 Å². The van der Waals surface area contributed by atoms with Crippen LogP contribution in [0.15, 0.2) is 60.7 Å². The summed E-state index contributed by atoms with van der Waals surface area (Å²) in [4.78, 5) is 31.3. The lowest BCUT2D eigenvalue weighted by molar-refractivity contribution is -0.131. The quantitative estimate of drug-likeness (QED) is 0.625. The van der Waals surface area contributed by atoms with Crippen molar-refractivity contribution in [1.82, 2.24) is 14.7 Å². The van der Waals surface area contributed by atoms with Crippen molar-refractivity contribution in [3.8, 4) is 0 Å². The predicted octanol–water partition coefficient (Wildman–Crippen LogP) is 2.86. The van der Waals surface area contributed by atoms with Crippen LogP contribution in [0.1, 0.15) is 28.4 Å². The zero-order chi connectivity index (χ0) is 24.0. The van der Waals surface area contributed by atoms with Gasteiger partial charge in [-0.25, -0.2) is 4.39 Å². The third-order valence-corrected chi connectivity index (χ3v) is 6.05. The Labute approximate surface area is 194 Å². The van der Waals surface area contributed by atoms with Crippen LogP contribution in [-0.2, 0) is 11.3 Å². The van der Waals surface area contributed by atoms with Crippen LogP contribution in [0.2, 0.25) is 0 Å². The van der Waals surface area contributed by atoms with E-state index in [2.05, 4.69) is 11.5 Å². The fourth-order valence-corrected chi connectivity index (χ4v) is 3.86. The zero-order valence-corrected chi connectivity index (χ0v) is 19.3. The second kappa shape index (κ2) is 11.2. The summed E-state index contributed by atoms with van der Waals surface area (Å²) in [6.07, 6.45) is 0. The number of halogens is 1. The molecule has 1 saturated heterocycles. The minimum atomic E-state index is -0.383. The first-order valence-electron chi connectivity index (χ1n) is 11.2. The smallest absolute Gasteiger partial charge is 0.254 e. The van der Waals surface area contributed by atoms with Crippen LogP contribution in [0.25, 0.3) is 0 Å². The fraction of sp³-hybridized carbons (Fsp3) is 0.385. The average Bonchev–Trinajstić information content (AvgIpc) is 2.84. The molecule has 1 fully saturated rings. The summed E-state index contributed by atoms with van der Waals surface area (Å²) in [5, 5.41) is 9.65. The number of benzene rings is 2. The number of hydrogen-bond donors (Lipinski definition) is 1. The van der Waals surface area contributed by atoms with Gasteiger partial charge in [0, 0.05) is 50.4 Å². The van der Waals surface area contributed by atoms with E-state index in [0.29, 0.717) is 56.0 Å². The molecule has 1 heterocycles. The van der Waals surface area contributed by atoms with E-state index in [9.17, 15) is 19.1 Å². The van der Waals surface area contributed by atoms with E-state index < -0.39 is 0 Å². The van der Waals surface area contributed by atoms with Crippen LogP contribution in [-0.4, -0.2) is 77.0 Å². The van der Waals surface area contributed by atoms with Crippen LogP contribution < -0.4 is 0 Å². The minimum Gasteiger partial charge on any atom is -0.394 e. The first-order chi connectivity index (χ1) is 15.8. The number of aryl methyl sites for hydroxylation is 1. The van der Waals surface area contributed by atoms with Gasteiger partial charge in [-0.3, -0.25) is 14.5 Å². The SMILES string of the molecule is C=C(CN1CCN(C(=O)c2ccc(C)c(F)c2)CC1)C(=O)N(Cc1ccccc1)C(C)CO. The highest BCUT2D eigenvalue weighted by Gasteiger charge is 2.26. The lowest BCUT2D eigenvalue weighted by atomic mass is 10.1. The molecule has 6 nitrogen and oxygen atoms in total. The molecule has 176 valence electrons. The highest BCUT2D eigenvalue weighted by Crippen LogP contribution is 2.16. The first kappa shape index (κ1) is 24.6. The van der Waals surface area contributed by atoms with Gasteiger partial charge < -0.3 is 14.9 Å². The Morgan fingerprint density at radius 1 is 1.12 bits per heavy atom. The van der Waals surface area contributed by atoms with Crippen LogP contribution in [0.3, 0.4) is 0 Å². The topological polar surface area (TPSA) is 64.1 Å². The average molecular weight is 454 g/mol. The van der Waals surface area contributed by atoms with Gasteiger partial charge in [-0.2, -0.15) is 0 Å². The van der Waals surface area contributed by atoms with E-state index in [4.69, 9.17) is 0 Å². The molecule has 3 rings (SSSR count). The van der Waals surface area contributed by atoms with Gasteiger partial charge in [0.15, 0.2) is 0 Å². The second-order valence-electron chi connectivity index (χ2n) is 8.59. The van der Waals surface area contributed by atoms with Crippen molar-refractivity contribution in [3.05, 3.63) is 83.2 Å². The van der Waals surface area contributed by atoms with Crippen molar-refractivity contribution in [2.75, 3.05) is 39.3 Å². The number of aliphatic hydroxyl groups excluding tert-OH is 1. The van der Waals surface area contributed by atoms with Crippen LogP contribution in [0.5, 0.6) is 0 Å². The van der Waals surface area contributed by atoms with Crippen LogP contribution >= 0.6 is 0 Å². The van der Waals surface area contributed by atoms with E-state index in [-0.39, 0.29) is 30.3 Å². The fourth-order valence-electron chi connectivity index (χ4n) is 3.86. The third kappa shape index (κ3) is 6.27. The van der Waals surface area contributed by atoms with Gasteiger partial charge in [0.25, 0.3) is 11.8 Å². The van der Waals surface area contributed by atoms with E-state index in [0.717, 1.165) is 5.56 Å². The van der Waals surface area contributed by atoms with Gasteiger partial charge in [0.1, 0.15) is 5.82 Å². The number of amides is 2. The molecule has 2 aromatic rings. The Kier molecular flexibility index (Phi) is 8.36. The number of nitrogens with zero attached hydrogens (tertiary/aromatic N) is 3. The maximum Gasteiger partial charge on any atom is 0.254 e. The first-order valence-corrected chi connectivity index (χ1v) is 11.2. The van der Waals surface area contributed by atoms with Gasteiger partial charge in [-0.1, -0.05) is 43.0 Å². The van der Waals surface area contributed by atoms with Crippen molar-refractivity contribution in [2.24, 2.45) is 0 Å². The standard InChI is InChI=1S/C26H32FN3O3/c1-19-9-10-23(15-24(19)27)26(33)29-13-11-28(12-14-29)16-20(2)25(32)30(21(3)18-31)17-22-7-5-4-6-8-22/h4-10,15,21,31H,2,11-14,16-18H2,1,3H3. The molecular formula is C26H32FN3O3. The predicted molar refractivity (Wildman–Crippen MR) is 126 cm³/mol. The molecule has 0 radical (unpaired) electrons. The van der Waals surface area contributed by atoms with E-state index in [1.165, 1.54) is 6.07 Å². The summed E-state index contributed by atoms with van der Waals surface area (Å²) >= 11 is 0. The molecule has 0 aromatic heterocycles. The molecule has 0 bridgehead atoms. The molecule has 0 saturated carbocycles. The van der Waals surface area contributed by atoms with E-state index in [1.54, 1.807) is 28.9 Å². The Morgan fingerprint density at radius 2 is 1.79 bits per heavy atom. The number of hydrogen-bond acceptors (Lipinski definition) is 4. The number of carbonyl (C=O) groups excluding carboxylic acids is 2. The Balaban J connectivity index is 1.56. The Bertz CT molecular complexity index is 988. The third-order valence-electron chi connectivity index (χ3n) is 6.05. The summed E-state index contributed by atoms with van der Waals surface area (Å²) in [6, 6.07) is 13.9. The molecular weight excluding hydrogens is 421 g/mol. The van der Waals surface area contributed by atoms with Gasteiger partial charge in [0.05, 0.1) is 12.6 Å². The maximum absolute atomic E-state index is 13.8. The van der Waals surface area contributed by atoms with E-state index in [1.807, 2.05) is 37.3 Å². The molecule has 0 aliphatic carbocycles. The highest BCUT2D eigenvalue weighted by molar-refractivity contribution is 5.94. The molecule has 1 aliphatic heterocycles. The molecule has 1 atom stereocenters. The molecule has 1 aliphatic rings. The van der Waals surface area contributed by atoms with Crippen LogP contribution in [0, 0.1) is 12.7 Å². The molecule has 7 heteroatoms. The molecule has 0 spiro atoms. The summed E-state index contributed by atoms with van der Waals surface area (Å²) in [5.41, 5.74) is 2.29. The van der Waals surface area contributed by atoms with Crippen molar-refractivity contribution in [3.63, 3.8) is 0 Å². The van der Waals surface area contributed by atoms with Crippen molar-refractivity contribution < 1.29 is 19.1 Å². The zero-order valence-electron chi connectivity index (χ0n) is 19.3. The summed E-state index contributed by atoms with van der Waals surface area (Å²) < 4.78 is 13.8. The molecule has 2 amide bonds. The monoisotopic (exact) mass is 453 g/mol. The van der Waals surface area contributed by atoms with Crippen molar-refractivity contribution in [2.45, 2.75) is 26.4 Å². The molecule has 1 N–H and O–H groups in total. The number of piperazine rings is 1. The molecule has 33 heavy (non-hydrogen) atoms. The number of rotatable bonds is 8. The van der Waals surface area contributed by atoms with Crippen molar-refractivity contribution in [1.29, 1.82) is 0 Å². The molecule has 2 aromatic carbocycles. The summed E-state index contributed by atoms with van der Waals surface area (Å²) in [6.45, 7) is 10.3. The molecule has 1 unspecified atom stereocenters. The Hall–Kier alpha value is -3.03. The lowest BCUT2D eigenvalue weighted by Gasteiger charge is -2.36.